The first-order chi connectivity index (χ1) is 21.8. The molecule has 0 aliphatic carbocycles. The fourth-order valence-electron chi connectivity index (χ4n) is 6.01. The second-order valence-electron chi connectivity index (χ2n) is 10.9. The highest BCUT2D eigenvalue weighted by molar-refractivity contribution is 6.06. The van der Waals surface area contributed by atoms with Crippen LogP contribution in [-0.2, 0) is 0 Å². The Labute approximate surface area is 256 Å². The first kappa shape index (κ1) is 25.8. The van der Waals surface area contributed by atoms with Crippen LogP contribution in [0.3, 0.4) is 0 Å². The van der Waals surface area contributed by atoms with E-state index in [-0.39, 0.29) is 0 Å². The summed E-state index contributed by atoms with van der Waals surface area (Å²) in [5.74, 6) is 0. The van der Waals surface area contributed by atoms with E-state index < -0.39 is 0 Å². The maximum atomic E-state index is 6.14. The molecule has 0 aliphatic rings. The average Bonchev–Trinajstić information content (AvgIpc) is 3.48. The molecule has 0 amide bonds. The van der Waals surface area contributed by atoms with Crippen molar-refractivity contribution in [1.82, 2.24) is 4.98 Å². The van der Waals surface area contributed by atoms with Gasteiger partial charge in [0.2, 0.25) is 0 Å². The highest BCUT2D eigenvalue weighted by atomic mass is 16.3. The fraction of sp³-hybridized carbons (Fsp3) is 0. The average molecular weight is 565 g/mol. The molecule has 3 nitrogen and oxygen atoms in total. The number of anilines is 3. The van der Waals surface area contributed by atoms with Gasteiger partial charge in [-0.15, -0.1) is 0 Å². The molecule has 0 atom stereocenters. The van der Waals surface area contributed by atoms with Crippen molar-refractivity contribution in [3.8, 4) is 33.4 Å². The molecule has 8 rings (SSSR count). The van der Waals surface area contributed by atoms with Crippen LogP contribution in [0.2, 0.25) is 0 Å². The summed E-state index contributed by atoms with van der Waals surface area (Å²) in [7, 11) is 0. The zero-order valence-electron chi connectivity index (χ0n) is 24.0. The van der Waals surface area contributed by atoms with Crippen LogP contribution >= 0.6 is 0 Å². The standard InChI is InChI=1S/C41H28N2O/c1-4-10-29(11-5-1)31-16-19-34(20-17-31)43(35-21-23-40-38(27-35)36-24-25-42-28-41(36)44-40)39-22-18-33(30-12-6-2-7-13-30)26-37(39)32-14-8-3-9-15-32/h1-28H. The molecule has 0 N–H and O–H groups in total. The van der Waals surface area contributed by atoms with Gasteiger partial charge in [0.1, 0.15) is 5.58 Å². The van der Waals surface area contributed by atoms with Crippen molar-refractivity contribution in [2.75, 3.05) is 4.90 Å². The zero-order chi connectivity index (χ0) is 29.3. The predicted octanol–water partition coefficient (Wildman–Crippen LogP) is 11.5. The van der Waals surface area contributed by atoms with Crippen molar-refractivity contribution in [1.29, 1.82) is 0 Å². The van der Waals surface area contributed by atoms with Gasteiger partial charge in [0, 0.05) is 33.9 Å². The summed E-state index contributed by atoms with van der Waals surface area (Å²) in [4.78, 5) is 6.62. The lowest BCUT2D eigenvalue weighted by molar-refractivity contribution is 0.667. The molecule has 0 bridgehead atoms. The Kier molecular flexibility index (Phi) is 6.47. The van der Waals surface area contributed by atoms with Gasteiger partial charge in [-0.05, 0) is 76.3 Å². The lowest BCUT2D eigenvalue weighted by atomic mass is 9.96. The minimum atomic E-state index is 0.788. The number of nitrogens with zero attached hydrogens (tertiary/aromatic N) is 2. The van der Waals surface area contributed by atoms with Gasteiger partial charge < -0.3 is 9.32 Å². The largest absolute Gasteiger partial charge is 0.454 e. The molecular weight excluding hydrogens is 536 g/mol. The number of furan rings is 1. The molecule has 0 saturated carbocycles. The van der Waals surface area contributed by atoms with E-state index in [1.165, 1.54) is 22.3 Å². The Morgan fingerprint density at radius 1 is 0.432 bits per heavy atom. The van der Waals surface area contributed by atoms with E-state index in [1.807, 2.05) is 12.3 Å². The highest BCUT2D eigenvalue weighted by Gasteiger charge is 2.20. The van der Waals surface area contributed by atoms with Gasteiger partial charge in [0.15, 0.2) is 5.58 Å². The lowest BCUT2D eigenvalue weighted by Gasteiger charge is -2.28. The third-order valence-corrected chi connectivity index (χ3v) is 8.18. The smallest absolute Gasteiger partial charge is 0.153 e. The van der Waals surface area contributed by atoms with Crippen molar-refractivity contribution in [2.24, 2.45) is 0 Å². The maximum absolute atomic E-state index is 6.14. The fourth-order valence-corrected chi connectivity index (χ4v) is 6.01. The topological polar surface area (TPSA) is 29.3 Å². The molecule has 0 radical (unpaired) electrons. The molecule has 0 unspecified atom stereocenters. The first-order valence-corrected chi connectivity index (χ1v) is 14.8. The molecule has 0 fully saturated rings. The molecule has 8 aromatic rings. The van der Waals surface area contributed by atoms with Crippen molar-refractivity contribution in [3.63, 3.8) is 0 Å². The number of benzene rings is 6. The predicted molar refractivity (Wildman–Crippen MR) is 183 cm³/mol. The summed E-state index contributed by atoms with van der Waals surface area (Å²) >= 11 is 0. The van der Waals surface area contributed by atoms with Gasteiger partial charge in [-0.2, -0.15) is 0 Å². The van der Waals surface area contributed by atoms with E-state index in [4.69, 9.17) is 4.42 Å². The maximum Gasteiger partial charge on any atom is 0.153 e. The molecule has 44 heavy (non-hydrogen) atoms. The Balaban J connectivity index is 1.35. The summed E-state index contributed by atoms with van der Waals surface area (Å²) in [6, 6.07) is 55.8. The van der Waals surface area contributed by atoms with Gasteiger partial charge in [-0.25, -0.2) is 0 Å². The molecule has 2 heterocycles. The molecule has 0 saturated heterocycles. The monoisotopic (exact) mass is 564 g/mol. The van der Waals surface area contributed by atoms with Crippen LogP contribution in [-0.4, -0.2) is 4.98 Å². The summed E-state index contributed by atoms with van der Waals surface area (Å²) in [5.41, 5.74) is 11.9. The van der Waals surface area contributed by atoms with Crippen LogP contribution < -0.4 is 4.90 Å². The van der Waals surface area contributed by atoms with E-state index >= 15 is 0 Å². The Hall–Kier alpha value is -5.93. The Bertz CT molecular complexity index is 2200. The van der Waals surface area contributed by atoms with Gasteiger partial charge in [-0.3, -0.25) is 4.98 Å². The quantitative estimate of drug-likeness (QED) is 0.201. The van der Waals surface area contributed by atoms with Gasteiger partial charge in [-0.1, -0.05) is 109 Å². The summed E-state index contributed by atoms with van der Waals surface area (Å²) < 4.78 is 6.14. The van der Waals surface area contributed by atoms with Gasteiger partial charge in [0.25, 0.3) is 0 Å². The number of aromatic nitrogens is 1. The third-order valence-electron chi connectivity index (χ3n) is 8.18. The Morgan fingerprint density at radius 2 is 1.02 bits per heavy atom. The van der Waals surface area contributed by atoms with Crippen molar-refractivity contribution < 1.29 is 4.42 Å². The van der Waals surface area contributed by atoms with Crippen LogP contribution in [0.25, 0.3) is 55.3 Å². The lowest BCUT2D eigenvalue weighted by Crippen LogP contribution is -2.11. The molecule has 2 aromatic heterocycles. The van der Waals surface area contributed by atoms with Crippen LogP contribution in [0.4, 0.5) is 17.1 Å². The molecule has 6 aromatic carbocycles. The molecule has 208 valence electrons. The minimum absolute atomic E-state index is 0.788. The van der Waals surface area contributed by atoms with E-state index in [9.17, 15) is 0 Å². The number of hydrogen-bond acceptors (Lipinski definition) is 3. The van der Waals surface area contributed by atoms with Crippen molar-refractivity contribution >= 4 is 39.0 Å². The highest BCUT2D eigenvalue weighted by Crippen LogP contribution is 2.44. The van der Waals surface area contributed by atoms with Crippen LogP contribution in [0, 0.1) is 0 Å². The number of hydrogen-bond donors (Lipinski definition) is 0. The van der Waals surface area contributed by atoms with E-state index in [2.05, 4.69) is 162 Å². The molecular formula is C41H28N2O. The summed E-state index contributed by atoms with van der Waals surface area (Å²) in [6.45, 7) is 0. The SMILES string of the molecule is c1ccc(-c2ccc(N(c3ccc4oc5cnccc5c4c3)c3ccc(-c4ccccc4)cc3-c3ccccc3)cc2)cc1. The van der Waals surface area contributed by atoms with E-state index in [0.717, 1.165) is 50.1 Å². The molecule has 0 aliphatic heterocycles. The number of fused-ring (bicyclic) bond motifs is 3. The van der Waals surface area contributed by atoms with Crippen LogP contribution in [0.5, 0.6) is 0 Å². The normalized spacial score (nSPS) is 11.2. The number of pyridine rings is 1. The van der Waals surface area contributed by atoms with E-state index in [0.29, 0.717) is 0 Å². The first-order valence-electron chi connectivity index (χ1n) is 14.8. The minimum Gasteiger partial charge on any atom is -0.454 e. The van der Waals surface area contributed by atoms with Crippen LogP contribution in [0.15, 0.2) is 175 Å². The van der Waals surface area contributed by atoms with Gasteiger partial charge >= 0.3 is 0 Å². The number of rotatable bonds is 6. The summed E-state index contributed by atoms with van der Waals surface area (Å²) in [5, 5.41) is 2.12. The van der Waals surface area contributed by atoms with Crippen molar-refractivity contribution in [2.45, 2.75) is 0 Å². The molecule has 3 heteroatoms. The summed E-state index contributed by atoms with van der Waals surface area (Å²) in [6.07, 6.45) is 3.60. The van der Waals surface area contributed by atoms with Crippen molar-refractivity contribution in [3.05, 3.63) is 170 Å². The molecule has 0 spiro atoms. The zero-order valence-corrected chi connectivity index (χ0v) is 24.0. The third kappa shape index (κ3) is 4.71. The van der Waals surface area contributed by atoms with E-state index in [1.54, 1.807) is 6.20 Å². The van der Waals surface area contributed by atoms with Gasteiger partial charge in [0.05, 0.1) is 11.9 Å². The Morgan fingerprint density at radius 3 is 1.73 bits per heavy atom. The van der Waals surface area contributed by atoms with Crippen LogP contribution in [0.1, 0.15) is 0 Å². The second-order valence-corrected chi connectivity index (χ2v) is 10.9. The second kappa shape index (κ2) is 11.0.